The SMILES string of the molecule is CCC(Oc1cccc2ccccc12)C(=O)NCc1ccccc1CN1CCCC1. The molecule has 1 N–H and O–H groups in total. The Bertz CT molecular complexity index is 990. The van der Waals surface area contributed by atoms with Crippen molar-refractivity contribution >= 4 is 16.7 Å². The first-order valence-electron chi connectivity index (χ1n) is 11.0. The smallest absolute Gasteiger partial charge is 0.261 e. The summed E-state index contributed by atoms with van der Waals surface area (Å²) in [6.45, 7) is 5.79. The summed E-state index contributed by atoms with van der Waals surface area (Å²) >= 11 is 0. The van der Waals surface area contributed by atoms with Crippen molar-refractivity contribution in [2.24, 2.45) is 0 Å². The molecule has 0 aliphatic carbocycles. The lowest BCUT2D eigenvalue weighted by molar-refractivity contribution is -0.128. The Morgan fingerprint density at radius 1 is 0.967 bits per heavy atom. The molecule has 1 aliphatic heterocycles. The fourth-order valence-electron chi connectivity index (χ4n) is 4.14. The predicted octanol–water partition coefficient (Wildman–Crippen LogP) is 4.91. The number of nitrogens with zero attached hydrogens (tertiary/aromatic N) is 1. The molecule has 1 atom stereocenters. The minimum atomic E-state index is -0.512. The van der Waals surface area contributed by atoms with Crippen molar-refractivity contribution in [3.05, 3.63) is 77.9 Å². The number of rotatable bonds is 8. The van der Waals surface area contributed by atoms with Crippen LogP contribution in [0.25, 0.3) is 10.8 Å². The number of nitrogens with one attached hydrogen (secondary N) is 1. The van der Waals surface area contributed by atoms with Crippen LogP contribution in [0.2, 0.25) is 0 Å². The van der Waals surface area contributed by atoms with E-state index < -0.39 is 6.10 Å². The van der Waals surface area contributed by atoms with Gasteiger partial charge in [0.05, 0.1) is 0 Å². The Hall–Kier alpha value is -2.85. The standard InChI is InChI=1S/C26H30N2O2/c1-2-24(30-25-15-9-13-20-10-5-6-14-23(20)25)26(29)27-18-21-11-3-4-12-22(21)19-28-16-7-8-17-28/h3-6,9-15,24H,2,7-8,16-19H2,1H3,(H,27,29). The third-order valence-corrected chi connectivity index (χ3v) is 5.85. The molecule has 1 saturated heterocycles. The molecule has 0 aromatic heterocycles. The summed E-state index contributed by atoms with van der Waals surface area (Å²) in [6, 6.07) is 22.4. The van der Waals surface area contributed by atoms with Crippen molar-refractivity contribution in [2.45, 2.75) is 45.4 Å². The normalized spacial score (nSPS) is 15.2. The second-order valence-corrected chi connectivity index (χ2v) is 7.96. The van der Waals surface area contributed by atoms with Gasteiger partial charge >= 0.3 is 0 Å². The lowest BCUT2D eigenvalue weighted by Gasteiger charge is -2.20. The molecule has 156 valence electrons. The number of benzene rings is 3. The summed E-state index contributed by atoms with van der Waals surface area (Å²) in [5.74, 6) is 0.686. The van der Waals surface area contributed by atoms with Crippen molar-refractivity contribution in [1.29, 1.82) is 0 Å². The lowest BCUT2D eigenvalue weighted by atomic mass is 10.1. The van der Waals surface area contributed by atoms with Gasteiger partial charge in [-0.1, -0.05) is 67.6 Å². The van der Waals surface area contributed by atoms with Crippen LogP contribution in [0.5, 0.6) is 5.75 Å². The predicted molar refractivity (Wildman–Crippen MR) is 121 cm³/mol. The van der Waals surface area contributed by atoms with Gasteiger partial charge in [0, 0.05) is 18.5 Å². The number of likely N-dealkylation sites (tertiary alicyclic amines) is 1. The van der Waals surface area contributed by atoms with E-state index in [-0.39, 0.29) is 5.91 Å². The highest BCUT2D eigenvalue weighted by Gasteiger charge is 2.20. The van der Waals surface area contributed by atoms with E-state index in [0.717, 1.165) is 36.2 Å². The van der Waals surface area contributed by atoms with E-state index >= 15 is 0 Å². The summed E-state index contributed by atoms with van der Waals surface area (Å²) in [5, 5.41) is 5.24. The Balaban J connectivity index is 1.41. The van der Waals surface area contributed by atoms with E-state index in [1.807, 2.05) is 43.3 Å². The first kappa shape index (κ1) is 20.4. The Morgan fingerprint density at radius 3 is 2.47 bits per heavy atom. The minimum Gasteiger partial charge on any atom is -0.480 e. The molecule has 1 fully saturated rings. The molecule has 0 spiro atoms. The zero-order chi connectivity index (χ0) is 20.8. The maximum atomic E-state index is 12.9. The summed E-state index contributed by atoms with van der Waals surface area (Å²) in [4.78, 5) is 15.4. The van der Waals surface area contributed by atoms with E-state index in [4.69, 9.17) is 4.74 Å². The molecule has 1 heterocycles. The topological polar surface area (TPSA) is 41.6 Å². The van der Waals surface area contributed by atoms with E-state index in [0.29, 0.717) is 13.0 Å². The number of ether oxygens (including phenoxy) is 1. The number of hydrogen-bond acceptors (Lipinski definition) is 3. The molecule has 4 rings (SSSR count). The first-order valence-corrected chi connectivity index (χ1v) is 11.0. The number of carbonyl (C=O) groups excluding carboxylic acids is 1. The molecule has 0 bridgehead atoms. The highest BCUT2D eigenvalue weighted by atomic mass is 16.5. The Morgan fingerprint density at radius 2 is 1.67 bits per heavy atom. The summed E-state index contributed by atoms with van der Waals surface area (Å²) < 4.78 is 6.14. The van der Waals surface area contributed by atoms with Crippen LogP contribution in [0, 0.1) is 0 Å². The van der Waals surface area contributed by atoms with Gasteiger partial charge in [0.15, 0.2) is 6.10 Å². The quantitative estimate of drug-likeness (QED) is 0.582. The van der Waals surface area contributed by atoms with Gasteiger partial charge in [0.1, 0.15) is 5.75 Å². The Labute approximate surface area is 178 Å². The molecule has 0 radical (unpaired) electrons. The Kier molecular flexibility index (Phi) is 6.65. The van der Waals surface area contributed by atoms with Crippen LogP contribution in [0.15, 0.2) is 66.7 Å². The molecule has 3 aromatic rings. The van der Waals surface area contributed by atoms with E-state index in [1.165, 1.54) is 24.0 Å². The maximum absolute atomic E-state index is 12.9. The van der Waals surface area contributed by atoms with Crippen LogP contribution in [0.3, 0.4) is 0 Å². The van der Waals surface area contributed by atoms with Gasteiger partial charge < -0.3 is 10.1 Å². The maximum Gasteiger partial charge on any atom is 0.261 e. The van der Waals surface area contributed by atoms with Crippen molar-refractivity contribution in [2.75, 3.05) is 13.1 Å². The fraction of sp³-hybridized carbons (Fsp3) is 0.346. The van der Waals surface area contributed by atoms with E-state index in [2.05, 4.69) is 40.5 Å². The molecule has 3 aromatic carbocycles. The van der Waals surface area contributed by atoms with Crippen LogP contribution in [-0.2, 0) is 17.9 Å². The molecule has 1 unspecified atom stereocenters. The van der Waals surface area contributed by atoms with Crippen LogP contribution in [-0.4, -0.2) is 30.0 Å². The van der Waals surface area contributed by atoms with Gasteiger partial charge in [0.25, 0.3) is 5.91 Å². The molecular formula is C26H30N2O2. The van der Waals surface area contributed by atoms with Gasteiger partial charge in [-0.15, -0.1) is 0 Å². The summed E-state index contributed by atoms with van der Waals surface area (Å²) in [5.41, 5.74) is 2.47. The number of fused-ring (bicyclic) bond motifs is 1. The van der Waals surface area contributed by atoms with Gasteiger partial charge in [-0.3, -0.25) is 9.69 Å². The number of carbonyl (C=O) groups is 1. The molecule has 0 saturated carbocycles. The molecule has 30 heavy (non-hydrogen) atoms. The molecule has 4 heteroatoms. The third kappa shape index (κ3) is 4.82. The number of hydrogen-bond donors (Lipinski definition) is 1. The van der Waals surface area contributed by atoms with Gasteiger partial charge in [-0.25, -0.2) is 0 Å². The number of amides is 1. The largest absolute Gasteiger partial charge is 0.480 e. The summed E-state index contributed by atoms with van der Waals surface area (Å²) in [7, 11) is 0. The second kappa shape index (κ2) is 9.77. The van der Waals surface area contributed by atoms with Crippen molar-refractivity contribution in [3.63, 3.8) is 0 Å². The first-order chi connectivity index (χ1) is 14.7. The van der Waals surface area contributed by atoms with Crippen LogP contribution < -0.4 is 10.1 Å². The highest BCUT2D eigenvalue weighted by molar-refractivity contribution is 5.89. The van der Waals surface area contributed by atoms with E-state index in [1.54, 1.807) is 0 Å². The molecule has 1 amide bonds. The third-order valence-electron chi connectivity index (χ3n) is 5.85. The second-order valence-electron chi connectivity index (χ2n) is 7.96. The van der Waals surface area contributed by atoms with Gasteiger partial charge in [0.2, 0.25) is 0 Å². The molecule has 1 aliphatic rings. The van der Waals surface area contributed by atoms with Crippen LogP contribution >= 0.6 is 0 Å². The fourth-order valence-corrected chi connectivity index (χ4v) is 4.14. The zero-order valence-corrected chi connectivity index (χ0v) is 17.6. The lowest BCUT2D eigenvalue weighted by Crippen LogP contribution is -2.37. The van der Waals surface area contributed by atoms with Crippen LogP contribution in [0.4, 0.5) is 0 Å². The van der Waals surface area contributed by atoms with E-state index in [9.17, 15) is 4.79 Å². The van der Waals surface area contributed by atoms with Gasteiger partial charge in [-0.2, -0.15) is 0 Å². The average Bonchev–Trinajstić information content (AvgIpc) is 3.30. The monoisotopic (exact) mass is 402 g/mol. The zero-order valence-electron chi connectivity index (χ0n) is 17.6. The molecular weight excluding hydrogens is 372 g/mol. The average molecular weight is 403 g/mol. The summed E-state index contributed by atoms with van der Waals surface area (Å²) in [6.07, 6.45) is 2.66. The van der Waals surface area contributed by atoms with Crippen molar-refractivity contribution in [3.8, 4) is 5.75 Å². The van der Waals surface area contributed by atoms with Crippen molar-refractivity contribution in [1.82, 2.24) is 10.2 Å². The van der Waals surface area contributed by atoms with Gasteiger partial charge in [-0.05, 0) is 54.9 Å². The van der Waals surface area contributed by atoms with Crippen LogP contribution in [0.1, 0.15) is 37.3 Å². The van der Waals surface area contributed by atoms with Crippen molar-refractivity contribution < 1.29 is 9.53 Å². The molecule has 4 nitrogen and oxygen atoms in total. The highest BCUT2D eigenvalue weighted by Crippen LogP contribution is 2.26. The minimum absolute atomic E-state index is 0.0681.